The van der Waals surface area contributed by atoms with E-state index in [-0.39, 0.29) is 5.97 Å². The molecule has 0 N–H and O–H groups in total. The van der Waals surface area contributed by atoms with E-state index in [9.17, 15) is 4.79 Å². The fraction of sp³-hybridized carbons (Fsp3) is 0.235. The molecule has 0 saturated heterocycles. The van der Waals surface area contributed by atoms with E-state index in [1.165, 1.54) is 0 Å². The molecule has 0 bridgehead atoms. The number of benzene rings is 2. The minimum atomic E-state index is -0.275. The van der Waals surface area contributed by atoms with E-state index >= 15 is 0 Å². The van der Waals surface area contributed by atoms with Gasteiger partial charge in [0, 0.05) is 12.0 Å². The van der Waals surface area contributed by atoms with E-state index in [2.05, 4.69) is 0 Å². The second-order valence-corrected chi connectivity index (χ2v) is 4.76. The molecule has 2 aromatic rings. The van der Waals surface area contributed by atoms with E-state index in [0.717, 1.165) is 17.7 Å². The van der Waals surface area contributed by atoms with Crippen LogP contribution in [0.4, 0.5) is 0 Å². The van der Waals surface area contributed by atoms with Crippen molar-refractivity contribution in [3.63, 3.8) is 0 Å². The molecular formula is C17H16O4. The summed E-state index contributed by atoms with van der Waals surface area (Å²) >= 11 is 0. The van der Waals surface area contributed by atoms with Gasteiger partial charge in [-0.15, -0.1) is 0 Å². The summed E-state index contributed by atoms with van der Waals surface area (Å²) < 4.78 is 16.2. The molecule has 0 unspecified atom stereocenters. The standard InChI is InChI=1S/C17H16O4/c18-17-16-11-15(8-7-13(16)12-21-17)20-10-4-9-19-14-5-2-1-3-6-14/h1-3,5-8,11H,4,9-10,12H2. The minimum Gasteiger partial charge on any atom is -0.493 e. The predicted octanol–water partition coefficient (Wildman–Crippen LogP) is 3.20. The van der Waals surface area contributed by atoms with E-state index in [1.54, 1.807) is 6.07 Å². The van der Waals surface area contributed by atoms with Crippen molar-refractivity contribution in [3.05, 3.63) is 59.7 Å². The summed E-state index contributed by atoms with van der Waals surface area (Å²) in [6, 6.07) is 15.2. The van der Waals surface area contributed by atoms with Crippen molar-refractivity contribution in [1.82, 2.24) is 0 Å². The van der Waals surface area contributed by atoms with Gasteiger partial charge in [-0.2, -0.15) is 0 Å². The number of cyclic esters (lactones) is 1. The summed E-state index contributed by atoms with van der Waals surface area (Å²) in [5.41, 5.74) is 1.52. The first-order chi connectivity index (χ1) is 10.3. The second kappa shape index (κ2) is 6.31. The van der Waals surface area contributed by atoms with Crippen molar-refractivity contribution in [1.29, 1.82) is 0 Å². The number of carbonyl (C=O) groups is 1. The number of esters is 1. The molecule has 1 aliphatic heterocycles. The van der Waals surface area contributed by atoms with E-state index in [4.69, 9.17) is 14.2 Å². The lowest BCUT2D eigenvalue weighted by Crippen LogP contribution is -2.05. The lowest BCUT2D eigenvalue weighted by Gasteiger charge is -2.08. The number of carbonyl (C=O) groups excluding carboxylic acids is 1. The molecule has 108 valence electrons. The van der Waals surface area contributed by atoms with Crippen LogP contribution in [0.15, 0.2) is 48.5 Å². The molecule has 4 nitrogen and oxygen atoms in total. The van der Waals surface area contributed by atoms with Crippen LogP contribution in [-0.2, 0) is 11.3 Å². The number of fused-ring (bicyclic) bond motifs is 1. The van der Waals surface area contributed by atoms with Gasteiger partial charge in [0.15, 0.2) is 0 Å². The smallest absolute Gasteiger partial charge is 0.339 e. The molecule has 0 radical (unpaired) electrons. The Morgan fingerprint density at radius 3 is 2.52 bits per heavy atom. The van der Waals surface area contributed by atoms with Crippen molar-refractivity contribution in [2.24, 2.45) is 0 Å². The Morgan fingerprint density at radius 2 is 1.71 bits per heavy atom. The van der Waals surface area contributed by atoms with Crippen LogP contribution in [0.1, 0.15) is 22.3 Å². The van der Waals surface area contributed by atoms with Gasteiger partial charge in [-0.25, -0.2) is 4.79 Å². The first-order valence-corrected chi connectivity index (χ1v) is 6.93. The van der Waals surface area contributed by atoms with Gasteiger partial charge in [-0.3, -0.25) is 0 Å². The second-order valence-electron chi connectivity index (χ2n) is 4.76. The molecule has 0 saturated carbocycles. The summed E-state index contributed by atoms with van der Waals surface area (Å²) in [5, 5.41) is 0. The fourth-order valence-electron chi connectivity index (χ4n) is 2.14. The van der Waals surface area contributed by atoms with Crippen LogP contribution in [-0.4, -0.2) is 19.2 Å². The molecule has 3 rings (SSSR count). The van der Waals surface area contributed by atoms with E-state index in [1.807, 2.05) is 42.5 Å². The van der Waals surface area contributed by atoms with Gasteiger partial charge in [0.05, 0.1) is 18.8 Å². The highest BCUT2D eigenvalue weighted by Crippen LogP contribution is 2.24. The van der Waals surface area contributed by atoms with Gasteiger partial charge in [0.25, 0.3) is 0 Å². The maximum absolute atomic E-state index is 11.5. The SMILES string of the molecule is O=C1OCc2ccc(OCCCOc3ccccc3)cc21. The maximum Gasteiger partial charge on any atom is 0.339 e. The largest absolute Gasteiger partial charge is 0.493 e. The van der Waals surface area contributed by atoms with Crippen molar-refractivity contribution in [3.8, 4) is 11.5 Å². The molecule has 0 atom stereocenters. The molecule has 2 aromatic carbocycles. The Balaban J connectivity index is 1.44. The molecule has 4 heteroatoms. The van der Waals surface area contributed by atoms with E-state index < -0.39 is 0 Å². The molecule has 0 spiro atoms. The zero-order chi connectivity index (χ0) is 14.5. The summed E-state index contributed by atoms with van der Waals surface area (Å²) in [4.78, 5) is 11.5. The van der Waals surface area contributed by atoms with Gasteiger partial charge < -0.3 is 14.2 Å². The van der Waals surface area contributed by atoms with Crippen LogP contribution in [0.2, 0.25) is 0 Å². The van der Waals surface area contributed by atoms with Crippen molar-refractivity contribution in [2.45, 2.75) is 13.0 Å². The Morgan fingerprint density at radius 1 is 0.952 bits per heavy atom. The lowest BCUT2D eigenvalue weighted by molar-refractivity contribution is 0.0535. The van der Waals surface area contributed by atoms with Crippen LogP contribution < -0.4 is 9.47 Å². The third-order valence-electron chi connectivity index (χ3n) is 3.23. The molecule has 0 aliphatic carbocycles. The molecule has 1 heterocycles. The van der Waals surface area contributed by atoms with Gasteiger partial charge in [-0.1, -0.05) is 24.3 Å². The van der Waals surface area contributed by atoms with Crippen LogP contribution in [0, 0.1) is 0 Å². The molecule has 1 aliphatic rings. The Hall–Kier alpha value is -2.49. The predicted molar refractivity (Wildman–Crippen MR) is 77.6 cm³/mol. The zero-order valence-electron chi connectivity index (χ0n) is 11.6. The van der Waals surface area contributed by atoms with Gasteiger partial charge in [0.1, 0.15) is 18.1 Å². The highest BCUT2D eigenvalue weighted by atomic mass is 16.5. The number of ether oxygens (including phenoxy) is 3. The Labute approximate surface area is 123 Å². The third kappa shape index (κ3) is 3.34. The molecule has 0 aromatic heterocycles. The number of rotatable bonds is 6. The molecule has 0 amide bonds. The van der Waals surface area contributed by atoms with Crippen LogP contribution in [0.25, 0.3) is 0 Å². The topological polar surface area (TPSA) is 44.8 Å². The number of para-hydroxylation sites is 1. The van der Waals surface area contributed by atoms with E-state index in [0.29, 0.717) is 31.1 Å². The monoisotopic (exact) mass is 284 g/mol. The minimum absolute atomic E-state index is 0.275. The average Bonchev–Trinajstić information content (AvgIpc) is 2.89. The Kier molecular flexibility index (Phi) is 4.05. The molecule has 21 heavy (non-hydrogen) atoms. The first kappa shape index (κ1) is 13.5. The van der Waals surface area contributed by atoms with Crippen molar-refractivity contribution >= 4 is 5.97 Å². The van der Waals surface area contributed by atoms with Crippen LogP contribution >= 0.6 is 0 Å². The third-order valence-corrected chi connectivity index (χ3v) is 3.23. The summed E-state index contributed by atoms with van der Waals surface area (Å²) in [6.45, 7) is 1.50. The Bertz CT molecular complexity index is 622. The van der Waals surface area contributed by atoms with Gasteiger partial charge >= 0.3 is 5.97 Å². The van der Waals surface area contributed by atoms with Gasteiger partial charge in [0.2, 0.25) is 0 Å². The fourth-order valence-corrected chi connectivity index (χ4v) is 2.14. The summed E-state index contributed by atoms with van der Waals surface area (Å²) in [6.07, 6.45) is 0.774. The van der Waals surface area contributed by atoms with Gasteiger partial charge in [-0.05, 0) is 24.3 Å². The number of hydrogen-bond acceptors (Lipinski definition) is 4. The van der Waals surface area contributed by atoms with Crippen molar-refractivity contribution in [2.75, 3.05) is 13.2 Å². The highest BCUT2D eigenvalue weighted by molar-refractivity contribution is 5.93. The molecule has 0 fully saturated rings. The highest BCUT2D eigenvalue weighted by Gasteiger charge is 2.21. The molecular weight excluding hydrogens is 268 g/mol. The summed E-state index contributed by atoms with van der Waals surface area (Å²) in [5.74, 6) is 1.27. The zero-order valence-corrected chi connectivity index (χ0v) is 11.6. The lowest BCUT2D eigenvalue weighted by atomic mass is 10.1. The quantitative estimate of drug-likeness (QED) is 0.603. The van der Waals surface area contributed by atoms with Crippen LogP contribution in [0.5, 0.6) is 11.5 Å². The summed E-state index contributed by atoms with van der Waals surface area (Å²) in [7, 11) is 0. The maximum atomic E-state index is 11.5. The average molecular weight is 284 g/mol. The number of hydrogen-bond donors (Lipinski definition) is 0. The van der Waals surface area contributed by atoms with Crippen LogP contribution in [0.3, 0.4) is 0 Å². The normalized spacial score (nSPS) is 12.7. The van der Waals surface area contributed by atoms with Crippen molar-refractivity contribution < 1.29 is 19.0 Å². The first-order valence-electron chi connectivity index (χ1n) is 6.93.